The van der Waals surface area contributed by atoms with Gasteiger partial charge in [0.1, 0.15) is 0 Å². The molecule has 0 bridgehead atoms. The molecule has 0 amide bonds. The Bertz CT molecular complexity index is 536. The fraction of sp³-hybridized carbons (Fsp3) is 0.353. The van der Waals surface area contributed by atoms with Crippen molar-refractivity contribution in [2.45, 2.75) is 38.3 Å². The zero-order valence-corrected chi connectivity index (χ0v) is 11.3. The van der Waals surface area contributed by atoms with Crippen LogP contribution in [0, 0.1) is 0 Å². The van der Waals surface area contributed by atoms with E-state index in [0.717, 1.165) is 19.3 Å². The molecular formula is C17H20N2. The minimum atomic E-state index is 0.438. The van der Waals surface area contributed by atoms with Crippen molar-refractivity contribution in [3.63, 3.8) is 0 Å². The summed E-state index contributed by atoms with van der Waals surface area (Å²) in [5, 5.41) is 3.70. The molecule has 0 aliphatic carbocycles. The summed E-state index contributed by atoms with van der Waals surface area (Å²) in [6, 6.07) is 13.9. The van der Waals surface area contributed by atoms with Crippen LogP contribution in [0.5, 0.6) is 0 Å². The summed E-state index contributed by atoms with van der Waals surface area (Å²) in [6.45, 7) is 2.26. The largest absolute Gasteiger partial charge is 0.307 e. The van der Waals surface area contributed by atoms with E-state index in [0.29, 0.717) is 12.1 Å². The molecule has 2 heteroatoms. The summed E-state index contributed by atoms with van der Waals surface area (Å²) in [7, 11) is 0. The maximum Gasteiger partial charge on any atom is 0.0343 e. The molecule has 0 fully saturated rings. The molecule has 1 aromatic heterocycles. The van der Waals surface area contributed by atoms with E-state index in [1.165, 1.54) is 16.7 Å². The first-order chi connectivity index (χ1) is 9.33. The topological polar surface area (TPSA) is 24.9 Å². The van der Waals surface area contributed by atoms with Crippen LogP contribution < -0.4 is 5.32 Å². The van der Waals surface area contributed by atoms with Gasteiger partial charge in [-0.3, -0.25) is 4.98 Å². The Morgan fingerprint density at radius 1 is 1.21 bits per heavy atom. The molecule has 0 saturated heterocycles. The van der Waals surface area contributed by atoms with E-state index in [1.54, 1.807) is 0 Å². The Balaban J connectivity index is 1.74. The maximum absolute atomic E-state index is 4.29. The summed E-state index contributed by atoms with van der Waals surface area (Å²) in [6.07, 6.45) is 7.29. The molecule has 19 heavy (non-hydrogen) atoms. The summed E-state index contributed by atoms with van der Waals surface area (Å²) in [4.78, 5) is 4.29. The SMILES string of the molecule is CC1Cc2ccncc2C(CCc2ccccc2)N1. The van der Waals surface area contributed by atoms with Crippen molar-refractivity contribution in [2.75, 3.05) is 0 Å². The third kappa shape index (κ3) is 2.85. The maximum atomic E-state index is 4.29. The highest BCUT2D eigenvalue weighted by Gasteiger charge is 2.23. The third-order valence-corrected chi connectivity index (χ3v) is 3.90. The second-order valence-electron chi connectivity index (χ2n) is 5.42. The highest BCUT2D eigenvalue weighted by Crippen LogP contribution is 2.27. The monoisotopic (exact) mass is 252 g/mol. The number of nitrogens with zero attached hydrogens (tertiary/aromatic N) is 1. The zero-order valence-electron chi connectivity index (χ0n) is 11.3. The van der Waals surface area contributed by atoms with E-state index < -0.39 is 0 Å². The zero-order chi connectivity index (χ0) is 13.1. The summed E-state index contributed by atoms with van der Waals surface area (Å²) in [5.41, 5.74) is 4.25. The lowest BCUT2D eigenvalue weighted by molar-refractivity contribution is 0.403. The van der Waals surface area contributed by atoms with Crippen molar-refractivity contribution in [1.82, 2.24) is 10.3 Å². The van der Waals surface area contributed by atoms with Crippen LogP contribution in [0.3, 0.4) is 0 Å². The minimum Gasteiger partial charge on any atom is -0.307 e. The number of nitrogens with one attached hydrogen (secondary N) is 1. The highest BCUT2D eigenvalue weighted by molar-refractivity contribution is 5.30. The van der Waals surface area contributed by atoms with Crippen molar-refractivity contribution in [2.24, 2.45) is 0 Å². The van der Waals surface area contributed by atoms with Gasteiger partial charge in [0.05, 0.1) is 0 Å². The average molecular weight is 252 g/mol. The molecule has 0 saturated carbocycles. The molecule has 2 aromatic rings. The van der Waals surface area contributed by atoms with Crippen molar-refractivity contribution in [1.29, 1.82) is 0 Å². The minimum absolute atomic E-state index is 0.438. The van der Waals surface area contributed by atoms with E-state index in [-0.39, 0.29) is 0 Å². The number of fused-ring (bicyclic) bond motifs is 1. The molecule has 0 spiro atoms. The summed E-state index contributed by atoms with van der Waals surface area (Å²) < 4.78 is 0. The van der Waals surface area contributed by atoms with Gasteiger partial charge in [0, 0.05) is 24.5 Å². The van der Waals surface area contributed by atoms with Gasteiger partial charge in [-0.25, -0.2) is 0 Å². The predicted octanol–water partition coefficient (Wildman–Crippen LogP) is 3.29. The second-order valence-corrected chi connectivity index (χ2v) is 5.42. The fourth-order valence-electron chi connectivity index (χ4n) is 2.95. The molecule has 1 aliphatic rings. The van der Waals surface area contributed by atoms with Crippen molar-refractivity contribution in [3.8, 4) is 0 Å². The van der Waals surface area contributed by atoms with E-state index in [2.05, 4.69) is 53.6 Å². The molecule has 1 N–H and O–H groups in total. The number of hydrogen-bond acceptors (Lipinski definition) is 2. The van der Waals surface area contributed by atoms with Gasteiger partial charge in [0.15, 0.2) is 0 Å². The number of rotatable bonds is 3. The Morgan fingerprint density at radius 2 is 2.05 bits per heavy atom. The average Bonchev–Trinajstić information content (AvgIpc) is 2.45. The summed E-state index contributed by atoms with van der Waals surface area (Å²) >= 11 is 0. The molecule has 1 aromatic carbocycles. The van der Waals surface area contributed by atoms with Crippen molar-refractivity contribution in [3.05, 3.63) is 65.5 Å². The van der Waals surface area contributed by atoms with Gasteiger partial charge in [-0.1, -0.05) is 30.3 Å². The molecule has 1 aliphatic heterocycles. The predicted molar refractivity (Wildman–Crippen MR) is 78.0 cm³/mol. The quantitative estimate of drug-likeness (QED) is 0.906. The molecule has 0 radical (unpaired) electrons. The molecule has 3 rings (SSSR count). The summed E-state index contributed by atoms with van der Waals surface area (Å²) in [5.74, 6) is 0. The van der Waals surface area contributed by atoms with E-state index >= 15 is 0 Å². The van der Waals surface area contributed by atoms with Gasteiger partial charge in [0.25, 0.3) is 0 Å². The Morgan fingerprint density at radius 3 is 2.89 bits per heavy atom. The van der Waals surface area contributed by atoms with Crippen LogP contribution >= 0.6 is 0 Å². The van der Waals surface area contributed by atoms with Crippen LogP contribution in [0.2, 0.25) is 0 Å². The Hall–Kier alpha value is -1.67. The number of hydrogen-bond donors (Lipinski definition) is 1. The number of pyridine rings is 1. The number of aromatic nitrogens is 1. The first-order valence-corrected chi connectivity index (χ1v) is 7.05. The smallest absolute Gasteiger partial charge is 0.0343 e. The van der Waals surface area contributed by atoms with Crippen molar-refractivity contribution < 1.29 is 0 Å². The standard InChI is InChI=1S/C17H20N2/c1-13-11-15-9-10-18-12-16(15)17(19-13)8-7-14-5-3-2-4-6-14/h2-6,9-10,12-13,17,19H,7-8,11H2,1H3. The lowest BCUT2D eigenvalue weighted by atomic mass is 9.89. The van der Waals surface area contributed by atoms with Gasteiger partial charge in [-0.15, -0.1) is 0 Å². The van der Waals surface area contributed by atoms with Gasteiger partial charge in [-0.05, 0) is 48.9 Å². The Kier molecular flexibility index (Phi) is 3.60. The number of benzene rings is 1. The molecule has 2 nitrogen and oxygen atoms in total. The third-order valence-electron chi connectivity index (χ3n) is 3.90. The molecule has 2 unspecified atom stereocenters. The van der Waals surface area contributed by atoms with Gasteiger partial charge in [0.2, 0.25) is 0 Å². The van der Waals surface area contributed by atoms with Crippen LogP contribution in [0.15, 0.2) is 48.8 Å². The fourth-order valence-corrected chi connectivity index (χ4v) is 2.95. The lowest BCUT2D eigenvalue weighted by Gasteiger charge is -2.31. The Labute approximate surface area is 114 Å². The van der Waals surface area contributed by atoms with Crippen LogP contribution in [0.1, 0.15) is 36.1 Å². The van der Waals surface area contributed by atoms with E-state index in [4.69, 9.17) is 0 Å². The van der Waals surface area contributed by atoms with Crippen LogP contribution in [0.4, 0.5) is 0 Å². The van der Waals surface area contributed by atoms with Crippen LogP contribution in [0.25, 0.3) is 0 Å². The lowest BCUT2D eigenvalue weighted by Crippen LogP contribution is -2.37. The normalized spacial score (nSPS) is 21.9. The molecule has 98 valence electrons. The number of aryl methyl sites for hydroxylation is 1. The van der Waals surface area contributed by atoms with E-state index in [9.17, 15) is 0 Å². The molecule has 2 atom stereocenters. The first-order valence-electron chi connectivity index (χ1n) is 7.05. The molecule has 2 heterocycles. The van der Waals surface area contributed by atoms with Gasteiger partial charge in [-0.2, -0.15) is 0 Å². The van der Waals surface area contributed by atoms with Crippen LogP contribution in [-0.2, 0) is 12.8 Å². The van der Waals surface area contributed by atoms with Crippen molar-refractivity contribution >= 4 is 0 Å². The first kappa shape index (κ1) is 12.4. The second kappa shape index (κ2) is 5.54. The van der Waals surface area contributed by atoms with E-state index in [1.807, 2.05) is 12.4 Å². The van der Waals surface area contributed by atoms with Gasteiger partial charge >= 0.3 is 0 Å². The molecular weight excluding hydrogens is 232 g/mol. The van der Waals surface area contributed by atoms with Gasteiger partial charge < -0.3 is 5.32 Å². The highest BCUT2D eigenvalue weighted by atomic mass is 15.0. The van der Waals surface area contributed by atoms with Crippen LogP contribution in [-0.4, -0.2) is 11.0 Å².